The molecule has 0 spiro atoms. The number of carbonyl (C=O) groups excluding carboxylic acids is 1. The van der Waals surface area contributed by atoms with E-state index in [0.29, 0.717) is 16.9 Å². The van der Waals surface area contributed by atoms with Crippen LogP contribution in [0.25, 0.3) is 0 Å². The number of nitrogens with zero attached hydrogens (tertiary/aromatic N) is 1. The van der Waals surface area contributed by atoms with E-state index in [9.17, 15) is 13.2 Å². The van der Waals surface area contributed by atoms with Gasteiger partial charge < -0.3 is 4.90 Å². The van der Waals surface area contributed by atoms with Gasteiger partial charge in [0.25, 0.3) is 0 Å². The van der Waals surface area contributed by atoms with Gasteiger partial charge in [-0.3, -0.25) is 4.79 Å². The molecule has 0 aromatic heterocycles. The Balaban J connectivity index is 1.63. The van der Waals surface area contributed by atoms with Gasteiger partial charge in [-0.25, -0.2) is 8.42 Å². The van der Waals surface area contributed by atoms with Crippen LogP contribution in [0.1, 0.15) is 50.5 Å². The zero-order chi connectivity index (χ0) is 17.2. The molecule has 0 N–H and O–H groups in total. The summed E-state index contributed by atoms with van der Waals surface area (Å²) < 4.78 is 24.9. The summed E-state index contributed by atoms with van der Waals surface area (Å²) in [6.07, 6.45) is 7.13. The number of sulfone groups is 1. The monoisotopic (exact) mass is 349 g/mol. The highest BCUT2D eigenvalue weighted by Gasteiger charge is 2.35. The lowest BCUT2D eigenvalue weighted by Gasteiger charge is -2.44. The van der Waals surface area contributed by atoms with Crippen LogP contribution in [0, 0.1) is 12.8 Å². The minimum atomic E-state index is -3.39. The first-order valence-corrected chi connectivity index (χ1v) is 10.7. The Labute approximate surface area is 145 Å². The number of likely N-dealkylation sites (tertiary alicyclic amines) is 1. The zero-order valence-corrected chi connectivity index (χ0v) is 15.2. The number of fused-ring (bicyclic) bond motifs is 1. The molecule has 0 radical (unpaired) electrons. The number of carbonyl (C=O) groups is 1. The average molecular weight is 349 g/mol. The van der Waals surface area contributed by atoms with Gasteiger partial charge in [0.05, 0.1) is 10.6 Å². The van der Waals surface area contributed by atoms with Crippen LogP contribution in [0.3, 0.4) is 0 Å². The number of benzene rings is 1. The summed E-state index contributed by atoms with van der Waals surface area (Å²) in [5.41, 5.74) is 1.03. The van der Waals surface area contributed by atoms with Crippen LogP contribution in [0.5, 0.6) is 0 Å². The maximum atomic E-state index is 12.6. The van der Waals surface area contributed by atoms with E-state index >= 15 is 0 Å². The highest BCUT2D eigenvalue weighted by Crippen LogP contribution is 2.35. The number of amides is 1. The van der Waals surface area contributed by atoms with E-state index < -0.39 is 9.84 Å². The molecule has 2 atom stereocenters. The molecule has 1 aromatic carbocycles. The molecule has 1 saturated heterocycles. The van der Waals surface area contributed by atoms with Crippen LogP contribution in [0.4, 0.5) is 0 Å². The fraction of sp³-hybridized carbons (Fsp3) is 0.632. The molecule has 1 aliphatic carbocycles. The molecule has 4 nitrogen and oxygen atoms in total. The molecule has 2 unspecified atom stereocenters. The summed E-state index contributed by atoms with van der Waals surface area (Å²) >= 11 is 0. The predicted octanol–water partition coefficient (Wildman–Crippen LogP) is 3.34. The Bertz CT molecular complexity index is 679. The van der Waals surface area contributed by atoms with Crippen LogP contribution >= 0.6 is 0 Å². The fourth-order valence-corrected chi connectivity index (χ4v) is 5.39. The smallest absolute Gasteiger partial charge is 0.223 e. The van der Waals surface area contributed by atoms with E-state index in [1.165, 1.54) is 25.7 Å². The summed E-state index contributed by atoms with van der Waals surface area (Å²) in [5.74, 6) is 0.551. The molecule has 2 aliphatic rings. The van der Waals surface area contributed by atoms with Crippen molar-refractivity contribution in [2.24, 2.45) is 5.92 Å². The predicted molar refractivity (Wildman–Crippen MR) is 94.5 cm³/mol. The molecule has 1 heterocycles. The minimum Gasteiger partial charge on any atom is -0.339 e. The Morgan fingerprint density at radius 1 is 1.08 bits per heavy atom. The molecule has 1 amide bonds. The molecular weight excluding hydrogens is 322 g/mol. The molecule has 3 rings (SSSR count). The molecular formula is C19H27NO3S. The second-order valence-corrected chi connectivity index (χ2v) is 9.33. The van der Waals surface area contributed by atoms with E-state index in [-0.39, 0.29) is 18.1 Å². The SMILES string of the molecule is Cc1ccc(S(=O)(=O)CCC(=O)N2CCCC3CCCCC32)cc1. The van der Waals surface area contributed by atoms with E-state index in [2.05, 4.69) is 0 Å². The summed E-state index contributed by atoms with van der Waals surface area (Å²) in [7, 11) is -3.39. The largest absolute Gasteiger partial charge is 0.339 e. The lowest BCUT2D eigenvalue weighted by molar-refractivity contribution is -0.137. The maximum Gasteiger partial charge on any atom is 0.223 e. The van der Waals surface area contributed by atoms with Crippen LogP contribution in [-0.4, -0.2) is 37.6 Å². The molecule has 1 saturated carbocycles. The van der Waals surface area contributed by atoms with E-state index in [1.807, 2.05) is 11.8 Å². The third-order valence-corrected chi connectivity index (χ3v) is 7.26. The van der Waals surface area contributed by atoms with Gasteiger partial charge in [0.15, 0.2) is 9.84 Å². The molecule has 132 valence electrons. The Kier molecular flexibility index (Phi) is 5.28. The normalized spacial score (nSPS) is 24.5. The Hall–Kier alpha value is -1.36. The average Bonchev–Trinajstić information content (AvgIpc) is 2.59. The van der Waals surface area contributed by atoms with Crippen molar-refractivity contribution in [2.75, 3.05) is 12.3 Å². The Morgan fingerprint density at radius 3 is 2.50 bits per heavy atom. The van der Waals surface area contributed by atoms with E-state index in [1.54, 1.807) is 24.3 Å². The zero-order valence-electron chi connectivity index (χ0n) is 14.4. The maximum absolute atomic E-state index is 12.6. The molecule has 1 aliphatic heterocycles. The van der Waals surface area contributed by atoms with Crippen molar-refractivity contribution in [2.45, 2.75) is 62.8 Å². The van der Waals surface area contributed by atoms with Crippen LogP contribution < -0.4 is 0 Å². The lowest BCUT2D eigenvalue weighted by atomic mass is 9.78. The van der Waals surface area contributed by atoms with Gasteiger partial charge in [-0.1, -0.05) is 30.5 Å². The van der Waals surface area contributed by atoms with Crippen molar-refractivity contribution >= 4 is 15.7 Å². The number of piperidine rings is 1. The highest BCUT2D eigenvalue weighted by molar-refractivity contribution is 7.91. The van der Waals surface area contributed by atoms with E-state index in [4.69, 9.17) is 0 Å². The first-order chi connectivity index (χ1) is 11.5. The molecule has 1 aromatic rings. The minimum absolute atomic E-state index is 0.0160. The fourth-order valence-electron chi connectivity index (χ4n) is 4.16. The van der Waals surface area contributed by atoms with Crippen molar-refractivity contribution < 1.29 is 13.2 Å². The second kappa shape index (κ2) is 7.26. The summed E-state index contributed by atoms with van der Waals surface area (Å²) in [6, 6.07) is 7.21. The van der Waals surface area contributed by atoms with Crippen LogP contribution in [0.2, 0.25) is 0 Å². The molecule has 5 heteroatoms. The lowest BCUT2D eigenvalue weighted by Crippen LogP contribution is -2.49. The van der Waals surface area contributed by atoms with Gasteiger partial charge >= 0.3 is 0 Å². The van der Waals surface area contributed by atoms with Crippen molar-refractivity contribution in [3.8, 4) is 0 Å². The van der Waals surface area contributed by atoms with Gasteiger partial charge in [-0.15, -0.1) is 0 Å². The Morgan fingerprint density at radius 2 is 1.75 bits per heavy atom. The third-order valence-electron chi connectivity index (χ3n) is 5.53. The quantitative estimate of drug-likeness (QED) is 0.838. The molecule has 2 fully saturated rings. The van der Waals surface area contributed by atoms with Crippen molar-refractivity contribution in [3.63, 3.8) is 0 Å². The first kappa shape index (κ1) is 17.5. The van der Waals surface area contributed by atoms with Crippen molar-refractivity contribution in [3.05, 3.63) is 29.8 Å². The van der Waals surface area contributed by atoms with Gasteiger partial charge in [0.1, 0.15) is 0 Å². The van der Waals surface area contributed by atoms with Crippen molar-refractivity contribution in [1.29, 1.82) is 0 Å². The first-order valence-electron chi connectivity index (χ1n) is 9.06. The number of hydrogen-bond donors (Lipinski definition) is 0. The number of aryl methyl sites for hydroxylation is 1. The van der Waals surface area contributed by atoms with Gasteiger partial charge in [0.2, 0.25) is 5.91 Å². The van der Waals surface area contributed by atoms with Gasteiger partial charge in [0, 0.05) is 19.0 Å². The standard InChI is InChI=1S/C19H27NO3S/c1-15-8-10-17(11-9-15)24(22,23)14-12-19(21)20-13-4-6-16-5-2-3-7-18(16)20/h8-11,16,18H,2-7,12-14H2,1H3. The number of rotatable bonds is 4. The summed E-state index contributed by atoms with van der Waals surface area (Å²) in [4.78, 5) is 14.9. The summed E-state index contributed by atoms with van der Waals surface area (Å²) in [6.45, 7) is 2.72. The van der Waals surface area contributed by atoms with Crippen LogP contribution in [-0.2, 0) is 14.6 Å². The van der Waals surface area contributed by atoms with E-state index in [0.717, 1.165) is 24.9 Å². The van der Waals surface area contributed by atoms with Crippen molar-refractivity contribution in [1.82, 2.24) is 4.90 Å². The van der Waals surface area contributed by atoms with Gasteiger partial charge in [-0.2, -0.15) is 0 Å². The van der Waals surface area contributed by atoms with Gasteiger partial charge in [-0.05, 0) is 50.7 Å². The summed E-state index contributed by atoms with van der Waals surface area (Å²) in [5, 5.41) is 0. The topological polar surface area (TPSA) is 54.5 Å². The molecule has 24 heavy (non-hydrogen) atoms. The molecule has 0 bridgehead atoms. The third kappa shape index (κ3) is 3.82. The second-order valence-electron chi connectivity index (χ2n) is 7.22. The highest BCUT2D eigenvalue weighted by atomic mass is 32.2. The van der Waals surface area contributed by atoms with Crippen LogP contribution in [0.15, 0.2) is 29.2 Å². The number of hydrogen-bond acceptors (Lipinski definition) is 3.